The molecule has 0 spiro atoms. The first-order valence-electron chi connectivity index (χ1n) is 8.58. The quantitative estimate of drug-likeness (QED) is 0.514. The van der Waals surface area contributed by atoms with E-state index in [4.69, 9.17) is 19.9 Å². The highest BCUT2D eigenvalue weighted by molar-refractivity contribution is 5.91. The number of rotatable bonds is 4. The number of nitrogen functional groups attached to an aromatic ring is 1. The van der Waals surface area contributed by atoms with Gasteiger partial charge in [0.05, 0.1) is 19.7 Å². The van der Waals surface area contributed by atoms with Crippen LogP contribution in [0.25, 0.3) is 21.7 Å². The van der Waals surface area contributed by atoms with Crippen LogP contribution >= 0.6 is 0 Å². The van der Waals surface area contributed by atoms with Crippen molar-refractivity contribution >= 4 is 27.4 Å². The molecular weight excluding hydrogens is 340 g/mol. The van der Waals surface area contributed by atoms with Crippen LogP contribution in [0, 0.1) is 6.92 Å². The second kappa shape index (κ2) is 6.68. The lowest BCUT2D eigenvalue weighted by molar-refractivity contribution is 0.355. The molecule has 0 aliphatic rings. The van der Waals surface area contributed by atoms with Gasteiger partial charge in [0.25, 0.3) is 0 Å². The van der Waals surface area contributed by atoms with Crippen molar-refractivity contribution in [1.82, 2.24) is 4.98 Å². The molecule has 0 aliphatic heterocycles. The van der Waals surface area contributed by atoms with Crippen LogP contribution in [0.3, 0.4) is 0 Å². The van der Waals surface area contributed by atoms with E-state index in [-0.39, 0.29) is 0 Å². The number of nitrogens with two attached hydrogens (primary N) is 1. The van der Waals surface area contributed by atoms with Gasteiger partial charge in [-0.1, -0.05) is 12.1 Å². The Bertz CT molecular complexity index is 1160. The summed E-state index contributed by atoms with van der Waals surface area (Å²) in [6.45, 7) is 2.04. The molecular formula is C22H20N2O3. The van der Waals surface area contributed by atoms with Crippen molar-refractivity contribution in [3.63, 3.8) is 0 Å². The minimum atomic E-state index is 0.633. The molecule has 0 saturated carbocycles. The minimum absolute atomic E-state index is 0.633. The molecule has 0 radical (unpaired) electrons. The Morgan fingerprint density at radius 3 is 2.33 bits per heavy atom. The van der Waals surface area contributed by atoms with Gasteiger partial charge < -0.3 is 19.9 Å². The van der Waals surface area contributed by atoms with Crippen molar-refractivity contribution in [1.29, 1.82) is 0 Å². The molecule has 0 bridgehead atoms. The molecule has 4 aromatic rings. The van der Waals surface area contributed by atoms with Gasteiger partial charge in [0.1, 0.15) is 11.5 Å². The minimum Gasteiger partial charge on any atom is -0.493 e. The van der Waals surface area contributed by atoms with Gasteiger partial charge in [-0.25, -0.2) is 0 Å². The monoisotopic (exact) mass is 360 g/mol. The first-order chi connectivity index (χ1) is 13.1. The lowest BCUT2D eigenvalue weighted by Crippen LogP contribution is -1.94. The SMILES string of the molecule is COc1cc2nccc(Oc3ccc4cc(N)ccc4c3C)c2cc1OC. The Morgan fingerprint density at radius 2 is 1.56 bits per heavy atom. The van der Waals surface area contributed by atoms with Gasteiger partial charge in [-0.05, 0) is 53.6 Å². The number of benzene rings is 3. The fourth-order valence-electron chi connectivity index (χ4n) is 3.25. The summed E-state index contributed by atoms with van der Waals surface area (Å²) in [4.78, 5) is 4.42. The first kappa shape index (κ1) is 17.0. The van der Waals surface area contributed by atoms with E-state index in [1.54, 1.807) is 20.4 Å². The predicted octanol–water partition coefficient (Wildman–Crippen LogP) is 5.09. The van der Waals surface area contributed by atoms with Crippen molar-refractivity contribution in [2.75, 3.05) is 20.0 Å². The van der Waals surface area contributed by atoms with Crippen LogP contribution < -0.4 is 19.9 Å². The summed E-state index contributed by atoms with van der Waals surface area (Å²) in [6, 6.07) is 15.4. The fraction of sp³-hybridized carbons (Fsp3) is 0.136. The number of nitrogens with zero attached hydrogens (tertiary/aromatic N) is 1. The van der Waals surface area contributed by atoms with E-state index in [0.717, 1.165) is 38.7 Å². The summed E-state index contributed by atoms with van der Waals surface area (Å²) >= 11 is 0. The molecule has 0 unspecified atom stereocenters. The number of aryl methyl sites for hydroxylation is 1. The number of anilines is 1. The molecule has 4 rings (SSSR count). The Hall–Kier alpha value is -3.47. The number of hydrogen-bond donors (Lipinski definition) is 1. The molecule has 5 nitrogen and oxygen atoms in total. The smallest absolute Gasteiger partial charge is 0.162 e. The van der Waals surface area contributed by atoms with E-state index in [9.17, 15) is 0 Å². The van der Waals surface area contributed by atoms with Crippen molar-refractivity contribution in [3.8, 4) is 23.0 Å². The number of aromatic nitrogens is 1. The maximum atomic E-state index is 6.27. The van der Waals surface area contributed by atoms with Crippen molar-refractivity contribution in [2.45, 2.75) is 6.92 Å². The second-order valence-corrected chi connectivity index (χ2v) is 6.30. The number of hydrogen-bond acceptors (Lipinski definition) is 5. The zero-order valence-electron chi connectivity index (χ0n) is 15.4. The van der Waals surface area contributed by atoms with Crippen LogP contribution in [0.2, 0.25) is 0 Å². The van der Waals surface area contributed by atoms with E-state index in [2.05, 4.69) is 4.98 Å². The Labute approximate surface area is 157 Å². The predicted molar refractivity (Wildman–Crippen MR) is 108 cm³/mol. The maximum absolute atomic E-state index is 6.27. The van der Waals surface area contributed by atoms with Gasteiger partial charge >= 0.3 is 0 Å². The first-order valence-corrected chi connectivity index (χ1v) is 8.58. The van der Waals surface area contributed by atoms with Crippen LogP contribution in [0.4, 0.5) is 5.69 Å². The van der Waals surface area contributed by atoms with Gasteiger partial charge in [-0.15, -0.1) is 0 Å². The number of fused-ring (bicyclic) bond motifs is 2. The number of pyridine rings is 1. The lowest BCUT2D eigenvalue weighted by atomic mass is 10.0. The average Bonchev–Trinajstić information content (AvgIpc) is 2.69. The molecule has 5 heteroatoms. The van der Waals surface area contributed by atoms with Crippen LogP contribution in [0.1, 0.15) is 5.56 Å². The molecule has 0 fully saturated rings. The van der Waals surface area contributed by atoms with Crippen LogP contribution in [-0.2, 0) is 0 Å². The summed E-state index contributed by atoms with van der Waals surface area (Å²) in [5.74, 6) is 2.76. The average molecular weight is 360 g/mol. The normalized spacial score (nSPS) is 10.9. The van der Waals surface area contributed by atoms with E-state index < -0.39 is 0 Å². The highest BCUT2D eigenvalue weighted by Gasteiger charge is 2.13. The summed E-state index contributed by atoms with van der Waals surface area (Å²) in [7, 11) is 3.22. The highest BCUT2D eigenvalue weighted by atomic mass is 16.5. The van der Waals surface area contributed by atoms with Crippen LogP contribution in [-0.4, -0.2) is 19.2 Å². The Balaban J connectivity index is 1.83. The Morgan fingerprint density at radius 1 is 0.778 bits per heavy atom. The molecule has 1 heterocycles. The third-order valence-corrected chi connectivity index (χ3v) is 4.69. The Kier molecular flexibility index (Phi) is 4.20. The second-order valence-electron chi connectivity index (χ2n) is 6.30. The third kappa shape index (κ3) is 2.97. The standard InChI is InChI=1S/C22H20N2O3/c1-13-16-6-5-15(23)10-14(16)4-7-19(13)27-20-8-9-24-18-12-22(26-3)21(25-2)11-17(18)20/h4-12H,23H2,1-3H3. The molecule has 0 amide bonds. The summed E-state index contributed by atoms with van der Waals surface area (Å²) < 4.78 is 17.1. The van der Waals surface area contributed by atoms with Crippen molar-refractivity contribution in [2.24, 2.45) is 0 Å². The van der Waals surface area contributed by atoms with Gasteiger partial charge in [-0.3, -0.25) is 4.98 Å². The van der Waals surface area contributed by atoms with Crippen LogP contribution in [0.15, 0.2) is 54.7 Å². The molecule has 3 aromatic carbocycles. The summed E-state index contributed by atoms with van der Waals surface area (Å²) in [6.07, 6.45) is 1.72. The summed E-state index contributed by atoms with van der Waals surface area (Å²) in [5.41, 5.74) is 8.46. The molecule has 27 heavy (non-hydrogen) atoms. The van der Waals surface area contributed by atoms with Crippen molar-refractivity contribution < 1.29 is 14.2 Å². The zero-order chi connectivity index (χ0) is 19.0. The molecule has 2 N–H and O–H groups in total. The van der Waals surface area contributed by atoms with Gasteiger partial charge in [-0.2, -0.15) is 0 Å². The molecule has 0 atom stereocenters. The topological polar surface area (TPSA) is 66.6 Å². The number of methoxy groups -OCH3 is 2. The summed E-state index contributed by atoms with van der Waals surface area (Å²) in [5, 5.41) is 3.05. The lowest BCUT2D eigenvalue weighted by Gasteiger charge is -2.14. The zero-order valence-corrected chi connectivity index (χ0v) is 15.4. The fourth-order valence-corrected chi connectivity index (χ4v) is 3.25. The van der Waals surface area contributed by atoms with Gasteiger partial charge in [0.15, 0.2) is 11.5 Å². The molecule has 136 valence electrons. The van der Waals surface area contributed by atoms with E-state index >= 15 is 0 Å². The third-order valence-electron chi connectivity index (χ3n) is 4.69. The van der Waals surface area contributed by atoms with E-state index in [0.29, 0.717) is 17.2 Å². The van der Waals surface area contributed by atoms with Gasteiger partial charge in [0.2, 0.25) is 0 Å². The molecule has 0 saturated heterocycles. The molecule has 0 aliphatic carbocycles. The largest absolute Gasteiger partial charge is 0.493 e. The molecule has 1 aromatic heterocycles. The van der Waals surface area contributed by atoms with E-state index in [1.165, 1.54) is 0 Å². The number of ether oxygens (including phenoxy) is 3. The van der Waals surface area contributed by atoms with Crippen molar-refractivity contribution in [3.05, 3.63) is 60.3 Å². The van der Waals surface area contributed by atoms with Crippen LogP contribution in [0.5, 0.6) is 23.0 Å². The van der Waals surface area contributed by atoms with E-state index in [1.807, 2.05) is 55.5 Å². The van der Waals surface area contributed by atoms with Gasteiger partial charge in [0, 0.05) is 23.3 Å². The highest BCUT2D eigenvalue weighted by Crippen LogP contribution is 2.38. The maximum Gasteiger partial charge on any atom is 0.162 e.